The molecule has 0 radical (unpaired) electrons. The lowest BCUT2D eigenvalue weighted by Crippen LogP contribution is -2.27. The van der Waals surface area contributed by atoms with Gasteiger partial charge in [0.2, 0.25) is 0 Å². The van der Waals surface area contributed by atoms with E-state index >= 15 is 0 Å². The lowest BCUT2D eigenvalue weighted by Gasteiger charge is -2.33. The molecule has 0 unspecified atom stereocenters. The molecule has 0 aromatic carbocycles. The predicted octanol–water partition coefficient (Wildman–Crippen LogP) is 3.78. The van der Waals surface area contributed by atoms with Crippen molar-refractivity contribution in [2.45, 2.75) is 47.0 Å². The Kier molecular flexibility index (Phi) is 3.96. The first kappa shape index (κ1) is 15.7. The van der Waals surface area contributed by atoms with Crippen LogP contribution in [-0.4, -0.2) is 16.0 Å². The van der Waals surface area contributed by atoms with E-state index < -0.39 is 0 Å². The first-order valence-electron chi connectivity index (χ1n) is 8.06. The molecule has 23 heavy (non-hydrogen) atoms. The van der Waals surface area contributed by atoms with Crippen molar-refractivity contribution in [1.29, 1.82) is 0 Å². The second-order valence-corrected chi connectivity index (χ2v) is 7.41. The second-order valence-electron chi connectivity index (χ2n) is 7.41. The van der Waals surface area contributed by atoms with Crippen molar-refractivity contribution in [3.05, 3.63) is 40.9 Å². The van der Waals surface area contributed by atoms with Crippen LogP contribution in [0.4, 0.5) is 5.82 Å². The number of amides is 1. The van der Waals surface area contributed by atoms with Gasteiger partial charge in [0.05, 0.1) is 0 Å². The maximum atomic E-state index is 12.5. The number of anilines is 1. The zero-order valence-corrected chi connectivity index (χ0v) is 14.1. The van der Waals surface area contributed by atoms with Gasteiger partial charge >= 0.3 is 0 Å². The zero-order chi connectivity index (χ0) is 16.6. The van der Waals surface area contributed by atoms with Crippen molar-refractivity contribution < 1.29 is 9.32 Å². The quantitative estimate of drug-likeness (QED) is 0.916. The maximum absolute atomic E-state index is 12.5. The number of pyridine rings is 1. The van der Waals surface area contributed by atoms with Gasteiger partial charge in [-0.1, -0.05) is 25.9 Å². The van der Waals surface area contributed by atoms with Gasteiger partial charge in [-0.2, -0.15) is 0 Å². The van der Waals surface area contributed by atoms with Crippen LogP contribution in [0.5, 0.6) is 0 Å². The van der Waals surface area contributed by atoms with E-state index in [-0.39, 0.29) is 11.3 Å². The third-order valence-electron chi connectivity index (χ3n) is 4.64. The Morgan fingerprint density at radius 2 is 2.17 bits per heavy atom. The van der Waals surface area contributed by atoms with E-state index in [0.29, 0.717) is 17.4 Å². The maximum Gasteiger partial charge on any atom is 0.279 e. The minimum atomic E-state index is -0.248. The number of hydrogen-bond donors (Lipinski definition) is 1. The number of carbonyl (C=O) groups is 1. The molecule has 2 aromatic heterocycles. The third kappa shape index (κ3) is 3.28. The highest BCUT2D eigenvalue weighted by molar-refractivity contribution is 6.03. The predicted molar refractivity (Wildman–Crippen MR) is 88.4 cm³/mol. The summed E-state index contributed by atoms with van der Waals surface area (Å²) in [6.45, 7) is 8.69. The Morgan fingerprint density at radius 1 is 1.39 bits per heavy atom. The van der Waals surface area contributed by atoms with Crippen LogP contribution in [0.15, 0.2) is 22.9 Å². The largest absolute Gasteiger partial charge is 0.360 e. The van der Waals surface area contributed by atoms with Crippen molar-refractivity contribution in [2.75, 3.05) is 5.32 Å². The molecule has 1 N–H and O–H groups in total. The number of carbonyl (C=O) groups excluding carboxylic acids is 1. The summed E-state index contributed by atoms with van der Waals surface area (Å²) in [4.78, 5) is 16.7. The summed E-state index contributed by atoms with van der Waals surface area (Å²) in [7, 11) is 0. The summed E-state index contributed by atoms with van der Waals surface area (Å²) in [5.74, 6) is 1.67. The molecule has 0 bridgehead atoms. The normalized spacial score (nSPS) is 17.7. The molecule has 5 heteroatoms. The fraction of sp³-hybridized carbons (Fsp3) is 0.500. The highest BCUT2D eigenvalue weighted by atomic mass is 16.5. The molecule has 1 amide bonds. The average molecular weight is 313 g/mol. The van der Waals surface area contributed by atoms with Gasteiger partial charge in [0.1, 0.15) is 11.6 Å². The molecule has 0 saturated heterocycles. The standard InChI is InChI=1S/C18H23N3O2/c1-11-7-8-19-15(9-11)20-17(22)16-13-10-12(18(2,3)4)5-6-14(13)23-21-16/h7-9,12H,5-6,10H2,1-4H3,(H,19,20,22)/t12-/m1/s1. The Labute approximate surface area is 136 Å². The number of nitrogens with zero attached hydrogens (tertiary/aromatic N) is 2. The summed E-state index contributed by atoms with van der Waals surface area (Å²) in [5.41, 5.74) is 2.62. The van der Waals surface area contributed by atoms with E-state index in [1.54, 1.807) is 6.20 Å². The monoisotopic (exact) mass is 313 g/mol. The van der Waals surface area contributed by atoms with Gasteiger partial charge in [-0.15, -0.1) is 0 Å². The van der Waals surface area contributed by atoms with E-state index in [2.05, 4.69) is 36.2 Å². The number of hydrogen-bond acceptors (Lipinski definition) is 4. The lowest BCUT2D eigenvalue weighted by molar-refractivity contribution is 0.101. The Balaban J connectivity index is 1.82. The summed E-state index contributed by atoms with van der Waals surface area (Å²) in [6.07, 6.45) is 4.44. The molecule has 0 spiro atoms. The molecule has 3 rings (SSSR count). The fourth-order valence-electron chi connectivity index (χ4n) is 3.10. The van der Waals surface area contributed by atoms with Crippen LogP contribution >= 0.6 is 0 Å². The first-order valence-corrected chi connectivity index (χ1v) is 8.06. The second kappa shape index (κ2) is 5.80. The van der Waals surface area contributed by atoms with Gasteiger partial charge in [0, 0.05) is 18.2 Å². The van der Waals surface area contributed by atoms with E-state index in [0.717, 1.165) is 36.1 Å². The number of aryl methyl sites for hydroxylation is 2. The zero-order valence-electron chi connectivity index (χ0n) is 14.1. The molecule has 122 valence electrons. The third-order valence-corrected chi connectivity index (χ3v) is 4.64. The van der Waals surface area contributed by atoms with Crippen LogP contribution in [0.25, 0.3) is 0 Å². The number of nitrogens with one attached hydrogen (secondary N) is 1. The van der Waals surface area contributed by atoms with Crippen LogP contribution in [0.2, 0.25) is 0 Å². The Morgan fingerprint density at radius 3 is 2.87 bits per heavy atom. The molecular formula is C18H23N3O2. The Hall–Kier alpha value is -2.17. The topological polar surface area (TPSA) is 68.0 Å². The number of rotatable bonds is 2. The van der Waals surface area contributed by atoms with E-state index in [1.165, 1.54) is 0 Å². The number of aromatic nitrogens is 2. The van der Waals surface area contributed by atoms with E-state index in [9.17, 15) is 4.79 Å². The molecule has 1 aliphatic rings. The van der Waals surface area contributed by atoms with Crippen molar-refractivity contribution in [3.8, 4) is 0 Å². The highest BCUT2D eigenvalue weighted by Crippen LogP contribution is 2.38. The van der Waals surface area contributed by atoms with Gasteiger partial charge in [-0.25, -0.2) is 4.98 Å². The van der Waals surface area contributed by atoms with E-state index in [1.807, 2.05) is 19.1 Å². The molecule has 2 heterocycles. The fourth-order valence-corrected chi connectivity index (χ4v) is 3.10. The van der Waals surface area contributed by atoms with Gasteiger partial charge in [-0.3, -0.25) is 4.79 Å². The molecule has 1 aliphatic carbocycles. The SMILES string of the molecule is Cc1ccnc(NC(=O)c2noc3c2C[C@H](C(C)(C)C)CC3)c1. The van der Waals surface area contributed by atoms with Crippen LogP contribution in [-0.2, 0) is 12.8 Å². The lowest BCUT2D eigenvalue weighted by atomic mass is 9.71. The van der Waals surface area contributed by atoms with Crippen molar-refractivity contribution in [1.82, 2.24) is 10.1 Å². The van der Waals surface area contributed by atoms with Gasteiger partial charge in [0.15, 0.2) is 5.69 Å². The van der Waals surface area contributed by atoms with Crippen LogP contribution in [0.3, 0.4) is 0 Å². The van der Waals surface area contributed by atoms with Crippen molar-refractivity contribution >= 4 is 11.7 Å². The minimum Gasteiger partial charge on any atom is -0.360 e. The van der Waals surface area contributed by atoms with Gasteiger partial charge in [0.25, 0.3) is 5.91 Å². The molecule has 5 nitrogen and oxygen atoms in total. The van der Waals surface area contributed by atoms with Crippen LogP contribution < -0.4 is 5.32 Å². The summed E-state index contributed by atoms with van der Waals surface area (Å²) in [6, 6.07) is 3.73. The van der Waals surface area contributed by atoms with Crippen LogP contribution in [0, 0.1) is 18.3 Å². The van der Waals surface area contributed by atoms with Gasteiger partial charge < -0.3 is 9.84 Å². The van der Waals surface area contributed by atoms with Crippen molar-refractivity contribution in [2.24, 2.45) is 11.3 Å². The average Bonchev–Trinajstić information content (AvgIpc) is 2.89. The molecule has 2 aromatic rings. The Bertz CT molecular complexity index is 728. The summed E-state index contributed by atoms with van der Waals surface area (Å²) >= 11 is 0. The molecule has 0 fully saturated rings. The summed E-state index contributed by atoms with van der Waals surface area (Å²) in [5, 5.41) is 6.83. The molecular weight excluding hydrogens is 290 g/mol. The van der Waals surface area contributed by atoms with Crippen molar-refractivity contribution in [3.63, 3.8) is 0 Å². The van der Waals surface area contributed by atoms with Crippen LogP contribution in [0.1, 0.15) is 54.6 Å². The minimum absolute atomic E-state index is 0.209. The first-order chi connectivity index (χ1) is 10.8. The van der Waals surface area contributed by atoms with Gasteiger partial charge in [-0.05, 0) is 48.8 Å². The molecule has 1 atom stereocenters. The smallest absolute Gasteiger partial charge is 0.279 e. The highest BCUT2D eigenvalue weighted by Gasteiger charge is 2.34. The van der Waals surface area contributed by atoms with E-state index in [4.69, 9.17) is 4.52 Å². The number of fused-ring (bicyclic) bond motifs is 1. The molecule has 0 saturated carbocycles. The summed E-state index contributed by atoms with van der Waals surface area (Å²) < 4.78 is 5.40. The molecule has 0 aliphatic heterocycles.